The maximum Gasteiger partial charge on any atom is 0.138 e. The fourth-order valence-corrected chi connectivity index (χ4v) is 2.65. The molecule has 1 aromatic carbocycles. The second-order valence-electron chi connectivity index (χ2n) is 5.32. The summed E-state index contributed by atoms with van der Waals surface area (Å²) in [5.74, 6) is 0.813. The average molecular weight is 303 g/mol. The molecule has 112 valence electrons. The van der Waals surface area contributed by atoms with Crippen molar-refractivity contribution in [1.29, 1.82) is 0 Å². The number of thiocarbonyl (C=S) groups is 1. The molecule has 0 saturated carbocycles. The van der Waals surface area contributed by atoms with Gasteiger partial charge in [-0.3, -0.25) is 4.68 Å². The van der Waals surface area contributed by atoms with Crippen LogP contribution in [0, 0.1) is 13.8 Å². The van der Waals surface area contributed by atoms with Gasteiger partial charge in [-0.25, -0.2) is 0 Å². The molecule has 0 aliphatic rings. The topological polar surface area (TPSA) is 59.1 Å². The van der Waals surface area contributed by atoms with Gasteiger partial charge in [-0.05, 0) is 31.5 Å². The third-order valence-corrected chi connectivity index (χ3v) is 3.63. The first-order valence-corrected chi connectivity index (χ1v) is 7.10. The number of aromatic nitrogens is 2. The molecule has 5 nitrogen and oxygen atoms in total. The fourth-order valence-electron chi connectivity index (χ4n) is 2.40. The van der Waals surface area contributed by atoms with Crippen LogP contribution in [0.2, 0.25) is 0 Å². The van der Waals surface area contributed by atoms with E-state index < -0.39 is 0 Å². The van der Waals surface area contributed by atoms with Crippen LogP contribution in [0.25, 0.3) is 0 Å². The summed E-state index contributed by atoms with van der Waals surface area (Å²) in [6.45, 7) is 3.99. The van der Waals surface area contributed by atoms with E-state index in [0.717, 1.165) is 28.5 Å². The Balaban J connectivity index is 2.44. The minimum atomic E-state index is 0.350. The number of nitrogens with zero attached hydrogens (tertiary/aromatic N) is 3. The lowest BCUT2D eigenvalue weighted by Crippen LogP contribution is -2.13. The zero-order chi connectivity index (χ0) is 15.7. The second-order valence-corrected chi connectivity index (χ2v) is 5.76. The van der Waals surface area contributed by atoms with Crippen LogP contribution < -0.4 is 16.0 Å². The zero-order valence-corrected chi connectivity index (χ0v) is 13.9. The van der Waals surface area contributed by atoms with E-state index in [-0.39, 0.29) is 0 Å². The lowest BCUT2D eigenvalue weighted by Gasteiger charge is -2.18. The smallest absolute Gasteiger partial charge is 0.138 e. The van der Waals surface area contributed by atoms with Gasteiger partial charge in [0.1, 0.15) is 10.8 Å². The van der Waals surface area contributed by atoms with Gasteiger partial charge in [-0.1, -0.05) is 18.3 Å². The molecule has 2 rings (SSSR count). The summed E-state index contributed by atoms with van der Waals surface area (Å²) in [6, 6.07) is 6.22. The highest BCUT2D eigenvalue weighted by Gasteiger charge is 2.16. The predicted molar refractivity (Wildman–Crippen MR) is 92.6 cm³/mol. The monoisotopic (exact) mass is 303 g/mol. The molecule has 0 aliphatic heterocycles. The van der Waals surface area contributed by atoms with Crippen LogP contribution in [-0.2, 0) is 7.05 Å². The molecular weight excluding hydrogens is 282 g/mol. The first kappa shape index (κ1) is 15.3. The fraction of sp³-hybridized carbons (Fsp3) is 0.333. The molecule has 1 aromatic heterocycles. The van der Waals surface area contributed by atoms with Gasteiger partial charge in [0.2, 0.25) is 0 Å². The Labute approximate surface area is 130 Å². The zero-order valence-electron chi connectivity index (χ0n) is 13.1. The molecule has 6 heteroatoms. The molecule has 0 aliphatic carbocycles. The van der Waals surface area contributed by atoms with E-state index in [4.69, 9.17) is 18.0 Å². The van der Waals surface area contributed by atoms with Crippen LogP contribution in [0.3, 0.4) is 0 Å². The molecule has 0 fully saturated rings. The summed E-state index contributed by atoms with van der Waals surface area (Å²) < 4.78 is 1.76. The van der Waals surface area contributed by atoms with E-state index in [1.54, 1.807) is 4.68 Å². The van der Waals surface area contributed by atoms with Crippen LogP contribution >= 0.6 is 12.2 Å². The molecule has 0 atom stereocenters. The van der Waals surface area contributed by atoms with Crippen molar-refractivity contribution in [3.05, 3.63) is 35.0 Å². The van der Waals surface area contributed by atoms with Crippen molar-refractivity contribution in [2.45, 2.75) is 13.8 Å². The number of aryl methyl sites for hydroxylation is 3. The van der Waals surface area contributed by atoms with Crippen LogP contribution in [0.5, 0.6) is 0 Å². The highest BCUT2D eigenvalue weighted by molar-refractivity contribution is 7.80. The van der Waals surface area contributed by atoms with Crippen LogP contribution in [-0.4, -0.2) is 28.9 Å². The molecular formula is C15H21N5S. The molecule has 1 heterocycles. The van der Waals surface area contributed by atoms with E-state index in [2.05, 4.69) is 34.4 Å². The lowest BCUT2D eigenvalue weighted by atomic mass is 10.1. The van der Waals surface area contributed by atoms with Crippen LogP contribution in [0.1, 0.15) is 16.8 Å². The van der Waals surface area contributed by atoms with E-state index in [1.165, 1.54) is 5.56 Å². The number of hydrogen-bond donors (Lipinski definition) is 2. The van der Waals surface area contributed by atoms with Gasteiger partial charge in [0.15, 0.2) is 0 Å². The van der Waals surface area contributed by atoms with Crippen molar-refractivity contribution in [2.24, 2.45) is 12.8 Å². The van der Waals surface area contributed by atoms with Crippen molar-refractivity contribution in [1.82, 2.24) is 9.78 Å². The van der Waals surface area contributed by atoms with Gasteiger partial charge >= 0.3 is 0 Å². The van der Waals surface area contributed by atoms with Crippen LogP contribution in [0.4, 0.5) is 17.2 Å². The summed E-state index contributed by atoms with van der Waals surface area (Å²) in [6.07, 6.45) is 0. The molecule has 0 amide bonds. The Hall–Kier alpha value is -2.08. The Morgan fingerprint density at radius 2 is 2.00 bits per heavy atom. The number of hydrogen-bond acceptors (Lipinski definition) is 4. The van der Waals surface area contributed by atoms with Crippen LogP contribution in [0.15, 0.2) is 18.2 Å². The van der Waals surface area contributed by atoms with Crippen molar-refractivity contribution in [3.8, 4) is 0 Å². The van der Waals surface area contributed by atoms with Crippen molar-refractivity contribution < 1.29 is 0 Å². The second kappa shape index (κ2) is 5.73. The highest BCUT2D eigenvalue weighted by atomic mass is 32.1. The minimum absolute atomic E-state index is 0.350. The normalized spacial score (nSPS) is 10.5. The van der Waals surface area contributed by atoms with Gasteiger partial charge < -0.3 is 16.0 Å². The number of nitrogens with one attached hydrogen (secondary N) is 1. The van der Waals surface area contributed by atoms with E-state index >= 15 is 0 Å². The van der Waals surface area contributed by atoms with Gasteiger partial charge in [-0.2, -0.15) is 5.10 Å². The molecule has 0 unspecified atom stereocenters. The van der Waals surface area contributed by atoms with Crippen molar-refractivity contribution in [3.63, 3.8) is 0 Å². The highest BCUT2D eigenvalue weighted by Crippen LogP contribution is 2.27. The average Bonchev–Trinajstić information content (AvgIpc) is 2.66. The Morgan fingerprint density at radius 3 is 2.57 bits per heavy atom. The third-order valence-electron chi connectivity index (χ3n) is 3.42. The Bertz CT molecular complexity index is 688. The molecule has 3 N–H and O–H groups in total. The molecule has 21 heavy (non-hydrogen) atoms. The molecule has 2 aromatic rings. The molecule has 0 spiro atoms. The predicted octanol–water partition coefficient (Wildman–Crippen LogP) is 2.48. The summed E-state index contributed by atoms with van der Waals surface area (Å²) in [4.78, 5) is 2.44. The molecule has 0 bridgehead atoms. The van der Waals surface area contributed by atoms with Gasteiger partial charge in [-0.15, -0.1) is 0 Å². The molecule has 0 saturated heterocycles. The Kier molecular flexibility index (Phi) is 4.18. The van der Waals surface area contributed by atoms with Gasteiger partial charge in [0, 0.05) is 32.5 Å². The van der Waals surface area contributed by atoms with Gasteiger partial charge in [0.25, 0.3) is 0 Å². The number of benzene rings is 1. The summed E-state index contributed by atoms with van der Waals surface area (Å²) in [5, 5.41) is 7.75. The number of anilines is 3. The summed E-state index contributed by atoms with van der Waals surface area (Å²) in [5.41, 5.74) is 10.8. The van der Waals surface area contributed by atoms with Crippen molar-refractivity contribution in [2.75, 3.05) is 24.3 Å². The quantitative estimate of drug-likeness (QED) is 0.850. The summed E-state index contributed by atoms with van der Waals surface area (Å²) >= 11 is 5.13. The minimum Gasteiger partial charge on any atom is -0.389 e. The maximum atomic E-state index is 5.81. The number of rotatable bonds is 4. The van der Waals surface area contributed by atoms with E-state index in [9.17, 15) is 0 Å². The first-order valence-electron chi connectivity index (χ1n) is 6.69. The standard InChI is InChI=1S/C15H21N5S/c1-9-6-7-11(8-12(9)19(3)4)17-15-13(14(16)21)10(2)18-20(15)5/h6-8,17H,1-5H3,(H2,16,21). The van der Waals surface area contributed by atoms with E-state index in [1.807, 2.05) is 34.1 Å². The number of nitrogens with two attached hydrogens (primary N) is 1. The first-order chi connectivity index (χ1) is 9.81. The largest absolute Gasteiger partial charge is 0.389 e. The van der Waals surface area contributed by atoms with Gasteiger partial charge in [0.05, 0.1) is 11.3 Å². The Morgan fingerprint density at radius 1 is 1.33 bits per heavy atom. The summed E-state index contributed by atoms with van der Waals surface area (Å²) in [7, 11) is 5.93. The maximum absolute atomic E-state index is 5.81. The molecule has 0 radical (unpaired) electrons. The lowest BCUT2D eigenvalue weighted by molar-refractivity contribution is 0.765. The SMILES string of the molecule is Cc1ccc(Nc2c(C(N)=S)c(C)nn2C)cc1N(C)C. The van der Waals surface area contributed by atoms with Crippen molar-refractivity contribution >= 4 is 34.4 Å². The third kappa shape index (κ3) is 3.00. The van der Waals surface area contributed by atoms with E-state index in [0.29, 0.717) is 4.99 Å².